The summed E-state index contributed by atoms with van der Waals surface area (Å²) in [6.07, 6.45) is 0.584. The van der Waals surface area contributed by atoms with Gasteiger partial charge in [-0.1, -0.05) is 37.3 Å². The summed E-state index contributed by atoms with van der Waals surface area (Å²) in [6, 6.07) is 9.60. The minimum atomic E-state index is -0.498. The zero-order valence-electron chi connectivity index (χ0n) is 16.8. The summed E-state index contributed by atoms with van der Waals surface area (Å²) >= 11 is 0. The first kappa shape index (κ1) is 22.6. The molecule has 0 heterocycles. The summed E-state index contributed by atoms with van der Waals surface area (Å²) < 4.78 is 0. The van der Waals surface area contributed by atoms with Gasteiger partial charge in [0.15, 0.2) is 0 Å². The van der Waals surface area contributed by atoms with Crippen LogP contribution in [0.25, 0.3) is 0 Å². The normalized spacial score (nSPS) is 13.1. The number of rotatable bonds is 11. The van der Waals surface area contributed by atoms with Gasteiger partial charge in [0.25, 0.3) is 0 Å². The predicted octanol–water partition coefficient (Wildman–Crippen LogP) is 0.493. The van der Waals surface area contributed by atoms with Crippen LogP contribution < -0.4 is 11.1 Å². The van der Waals surface area contributed by atoms with E-state index in [1.165, 1.54) is 0 Å². The van der Waals surface area contributed by atoms with Crippen LogP contribution in [0, 0.1) is 11.8 Å². The lowest BCUT2D eigenvalue weighted by atomic mass is 9.94. The first-order chi connectivity index (χ1) is 12.7. The van der Waals surface area contributed by atoms with Gasteiger partial charge < -0.3 is 20.9 Å². The lowest BCUT2D eigenvalue weighted by molar-refractivity contribution is -0.135. The van der Waals surface area contributed by atoms with E-state index in [4.69, 9.17) is 5.73 Å². The summed E-state index contributed by atoms with van der Waals surface area (Å²) in [5, 5.41) is 2.76. The van der Waals surface area contributed by atoms with Gasteiger partial charge in [0.1, 0.15) is 0 Å². The zero-order chi connectivity index (χ0) is 20.4. The van der Waals surface area contributed by atoms with Crippen molar-refractivity contribution in [3.8, 4) is 0 Å². The molecule has 7 heteroatoms. The van der Waals surface area contributed by atoms with E-state index >= 15 is 0 Å². The van der Waals surface area contributed by atoms with Crippen molar-refractivity contribution < 1.29 is 14.4 Å². The molecule has 0 bridgehead atoms. The number of nitrogens with two attached hydrogens (primary N) is 1. The van der Waals surface area contributed by atoms with Crippen molar-refractivity contribution in [3.63, 3.8) is 0 Å². The Labute approximate surface area is 161 Å². The van der Waals surface area contributed by atoms with E-state index in [1.807, 2.05) is 49.3 Å². The van der Waals surface area contributed by atoms with Gasteiger partial charge in [-0.3, -0.25) is 14.4 Å². The van der Waals surface area contributed by atoms with E-state index < -0.39 is 17.7 Å². The van der Waals surface area contributed by atoms with Crippen LogP contribution in [0.5, 0.6) is 0 Å². The number of benzene rings is 1. The molecule has 0 fully saturated rings. The highest BCUT2D eigenvalue weighted by atomic mass is 16.2. The molecule has 0 saturated carbocycles. The zero-order valence-corrected chi connectivity index (χ0v) is 16.8. The standard InChI is InChI=1S/C20H32N4O3/c1-15(19(21)26)14-22-20(27)17(12-16-8-6-5-7-9-16)13-18(25)24(4)11-10-23(2)3/h5-9,15,17H,10-14H2,1-4H3,(H2,21,26)(H,22,27)/t15-,17-/m1/s1. The number of hydrogen-bond acceptors (Lipinski definition) is 4. The number of carbonyl (C=O) groups is 3. The molecule has 3 amide bonds. The molecule has 0 aliphatic rings. The van der Waals surface area contributed by atoms with Crippen molar-refractivity contribution in [1.82, 2.24) is 15.1 Å². The molecule has 3 N–H and O–H groups in total. The van der Waals surface area contributed by atoms with Crippen LogP contribution in [0.2, 0.25) is 0 Å². The van der Waals surface area contributed by atoms with Gasteiger partial charge in [0.05, 0.1) is 11.8 Å². The van der Waals surface area contributed by atoms with Gasteiger partial charge in [0.2, 0.25) is 17.7 Å². The Bertz CT molecular complexity index is 619. The van der Waals surface area contributed by atoms with Crippen molar-refractivity contribution in [2.45, 2.75) is 19.8 Å². The minimum Gasteiger partial charge on any atom is -0.369 e. The highest BCUT2D eigenvalue weighted by molar-refractivity contribution is 5.86. The molecule has 1 aromatic rings. The molecule has 0 saturated heterocycles. The smallest absolute Gasteiger partial charge is 0.223 e. The summed E-state index contributed by atoms with van der Waals surface area (Å²) in [5.41, 5.74) is 6.24. The predicted molar refractivity (Wildman–Crippen MR) is 106 cm³/mol. The monoisotopic (exact) mass is 376 g/mol. The Balaban J connectivity index is 2.76. The number of primary amides is 1. The number of amides is 3. The van der Waals surface area contributed by atoms with Gasteiger partial charge in [-0.15, -0.1) is 0 Å². The SMILES string of the molecule is C[C@H](CNC(=O)[C@@H](CC(=O)N(C)CCN(C)C)Cc1ccccc1)C(N)=O. The molecule has 2 atom stereocenters. The molecule has 0 unspecified atom stereocenters. The third-order valence-corrected chi connectivity index (χ3v) is 4.49. The second-order valence-corrected chi connectivity index (χ2v) is 7.26. The summed E-state index contributed by atoms with van der Waals surface area (Å²) in [6.45, 7) is 3.19. The van der Waals surface area contributed by atoms with Crippen LogP contribution in [0.4, 0.5) is 0 Å². The molecule has 0 aliphatic heterocycles. The highest BCUT2D eigenvalue weighted by Crippen LogP contribution is 2.14. The molecule has 1 aromatic carbocycles. The van der Waals surface area contributed by atoms with Crippen LogP contribution in [0.1, 0.15) is 18.9 Å². The van der Waals surface area contributed by atoms with Crippen LogP contribution >= 0.6 is 0 Å². The summed E-state index contributed by atoms with van der Waals surface area (Å²) in [4.78, 5) is 40.0. The second kappa shape index (κ2) is 11.3. The van der Waals surface area contributed by atoms with Crippen molar-refractivity contribution in [1.29, 1.82) is 0 Å². The lowest BCUT2D eigenvalue weighted by Crippen LogP contribution is -2.41. The number of likely N-dealkylation sites (N-methyl/N-ethyl adjacent to an activating group) is 2. The Kier molecular flexibility index (Phi) is 9.50. The maximum Gasteiger partial charge on any atom is 0.223 e. The Morgan fingerprint density at radius 1 is 1.07 bits per heavy atom. The fourth-order valence-corrected chi connectivity index (χ4v) is 2.50. The van der Waals surface area contributed by atoms with Crippen molar-refractivity contribution in [2.24, 2.45) is 17.6 Å². The minimum absolute atomic E-state index is 0.0733. The van der Waals surface area contributed by atoms with Gasteiger partial charge >= 0.3 is 0 Å². The van der Waals surface area contributed by atoms with Crippen LogP contribution in [0.3, 0.4) is 0 Å². The molecule has 27 heavy (non-hydrogen) atoms. The average Bonchev–Trinajstić information content (AvgIpc) is 2.63. The topological polar surface area (TPSA) is 95.7 Å². The van der Waals surface area contributed by atoms with Crippen LogP contribution in [0.15, 0.2) is 30.3 Å². The van der Waals surface area contributed by atoms with E-state index in [9.17, 15) is 14.4 Å². The van der Waals surface area contributed by atoms with Gasteiger partial charge in [-0.05, 0) is 26.1 Å². The van der Waals surface area contributed by atoms with E-state index in [-0.39, 0.29) is 24.8 Å². The van der Waals surface area contributed by atoms with E-state index in [0.717, 1.165) is 12.1 Å². The molecular formula is C20H32N4O3. The van der Waals surface area contributed by atoms with Crippen molar-refractivity contribution in [3.05, 3.63) is 35.9 Å². The largest absolute Gasteiger partial charge is 0.369 e. The quantitative estimate of drug-likeness (QED) is 0.588. The molecule has 150 valence electrons. The number of carbonyl (C=O) groups excluding carboxylic acids is 3. The first-order valence-corrected chi connectivity index (χ1v) is 9.20. The molecule has 0 aliphatic carbocycles. The van der Waals surface area contributed by atoms with Gasteiger partial charge in [-0.25, -0.2) is 0 Å². The van der Waals surface area contributed by atoms with Gasteiger partial charge in [0, 0.05) is 33.1 Å². The summed E-state index contributed by atoms with van der Waals surface area (Å²) in [7, 11) is 5.65. The van der Waals surface area contributed by atoms with Crippen molar-refractivity contribution >= 4 is 17.7 Å². The van der Waals surface area contributed by atoms with Crippen LogP contribution in [-0.2, 0) is 20.8 Å². The number of hydrogen-bond donors (Lipinski definition) is 2. The first-order valence-electron chi connectivity index (χ1n) is 9.20. The second-order valence-electron chi connectivity index (χ2n) is 7.26. The average molecular weight is 377 g/mol. The maximum atomic E-state index is 12.7. The highest BCUT2D eigenvalue weighted by Gasteiger charge is 2.24. The number of nitrogens with zero attached hydrogens (tertiary/aromatic N) is 2. The molecular weight excluding hydrogens is 344 g/mol. The third kappa shape index (κ3) is 8.68. The van der Waals surface area contributed by atoms with E-state index in [1.54, 1.807) is 18.9 Å². The molecule has 0 aromatic heterocycles. The van der Waals surface area contributed by atoms with Crippen LogP contribution in [-0.4, -0.2) is 68.3 Å². The molecule has 0 spiro atoms. The Morgan fingerprint density at radius 3 is 2.26 bits per heavy atom. The Morgan fingerprint density at radius 2 is 1.70 bits per heavy atom. The van der Waals surface area contributed by atoms with E-state index in [0.29, 0.717) is 13.0 Å². The fraction of sp³-hybridized carbons (Fsp3) is 0.550. The maximum absolute atomic E-state index is 12.7. The fourth-order valence-electron chi connectivity index (χ4n) is 2.50. The van der Waals surface area contributed by atoms with Gasteiger partial charge in [-0.2, -0.15) is 0 Å². The van der Waals surface area contributed by atoms with E-state index in [2.05, 4.69) is 5.32 Å². The number of nitrogens with one attached hydrogen (secondary N) is 1. The molecule has 1 rings (SSSR count). The summed E-state index contributed by atoms with van der Waals surface area (Å²) in [5.74, 6) is -1.72. The molecule has 7 nitrogen and oxygen atoms in total. The van der Waals surface area contributed by atoms with Crippen molar-refractivity contribution in [2.75, 3.05) is 40.8 Å². The Hall–Kier alpha value is -2.41. The third-order valence-electron chi connectivity index (χ3n) is 4.49. The molecule has 0 radical (unpaired) electrons. The lowest BCUT2D eigenvalue weighted by Gasteiger charge is -2.23.